The maximum absolute atomic E-state index is 13.5. The molecule has 9 heteroatoms. The van der Waals surface area contributed by atoms with E-state index in [0.29, 0.717) is 27.8 Å². The van der Waals surface area contributed by atoms with Gasteiger partial charge in [0.15, 0.2) is 12.4 Å². The first kappa shape index (κ1) is 32.4. The first-order valence-corrected chi connectivity index (χ1v) is 17.8. The third-order valence-corrected chi connectivity index (χ3v) is 11.1. The highest BCUT2D eigenvalue weighted by Crippen LogP contribution is 2.39. The molecule has 0 saturated carbocycles. The van der Waals surface area contributed by atoms with Gasteiger partial charge in [-0.15, -0.1) is 0 Å². The molecule has 2 amide bonds. The number of ether oxygens (including phenoxy) is 1. The van der Waals surface area contributed by atoms with Gasteiger partial charge >= 0.3 is 5.97 Å². The summed E-state index contributed by atoms with van der Waals surface area (Å²) in [5.74, 6) is -1.42. The lowest BCUT2D eigenvalue weighted by atomic mass is 9.82. The van der Waals surface area contributed by atoms with Crippen molar-refractivity contribution in [1.82, 2.24) is 4.98 Å². The highest BCUT2D eigenvalue weighted by Gasteiger charge is 2.41. The van der Waals surface area contributed by atoms with E-state index in [1.807, 2.05) is 48.5 Å². The summed E-state index contributed by atoms with van der Waals surface area (Å²) in [6.45, 7) is -0.413. The van der Waals surface area contributed by atoms with Crippen molar-refractivity contribution in [3.63, 3.8) is 0 Å². The molecule has 250 valence electrons. The molecule has 2 aliphatic carbocycles. The van der Waals surface area contributed by atoms with E-state index < -0.39 is 23.7 Å². The summed E-state index contributed by atoms with van der Waals surface area (Å²) < 4.78 is 5.33. The van der Waals surface area contributed by atoms with Crippen LogP contribution < -0.4 is 4.90 Å². The van der Waals surface area contributed by atoms with Crippen molar-refractivity contribution in [3.05, 3.63) is 148 Å². The molecule has 51 heavy (non-hydrogen) atoms. The van der Waals surface area contributed by atoms with Crippen LogP contribution in [-0.2, 0) is 33.6 Å². The van der Waals surface area contributed by atoms with Gasteiger partial charge in [0.1, 0.15) is 11.1 Å². The van der Waals surface area contributed by atoms with Gasteiger partial charge in [0, 0.05) is 17.7 Å². The zero-order valence-electron chi connectivity index (χ0n) is 27.5. The van der Waals surface area contributed by atoms with Crippen molar-refractivity contribution in [1.29, 1.82) is 5.26 Å². The summed E-state index contributed by atoms with van der Waals surface area (Å²) in [6, 6.07) is 34.1. The van der Waals surface area contributed by atoms with Crippen LogP contribution in [0.4, 0.5) is 5.69 Å². The minimum absolute atomic E-state index is 0.0378. The van der Waals surface area contributed by atoms with Gasteiger partial charge in [-0.25, -0.2) is 14.7 Å². The van der Waals surface area contributed by atoms with Crippen LogP contribution in [0.5, 0.6) is 0 Å². The third kappa shape index (κ3) is 6.24. The Morgan fingerprint density at radius 3 is 2.39 bits per heavy atom. The number of Topliss-reactive ketones (excluding diaryl/α,β-unsaturated/α-hetero) is 1. The van der Waals surface area contributed by atoms with E-state index >= 15 is 0 Å². The summed E-state index contributed by atoms with van der Waals surface area (Å²) in [4.78, 5) is 58.3. The van der Waals surface area contributed by atoms with E-state index in [1.54, 1.807) is 6.07 Å². The Kier molecular flexibility index (Phi) is 8.54. The predicted octanol–water partition coefficient (Wildman–Crippen LogP) is 7.26. The lowest BCUT2D eigenvalue weighted by Gasteiger charge is -2.25. The van der Waals surface area contributed by atoms with Gasteiger partial charge in [0.2, 0.25) is 11.8 Å². The Hall–Kier alpha value is -5.85. The number of carbonyl (C=O) groups is 4. The van der Waals surface area contributed by atoms with Crippen molar-refractivity contribution >= 4 is 41.0 Å². The van der Waals surface area contributed by atoms with Crippen LogP contribution in [0, 0.1) is 11.3 Å². The number of thioether (sulfide) groups is 1. The minimum Gasteiger partial charge on any atom is -0.454 e. The standard InChI is InChI=1S/C42H31N3O5S/c43-23-32-21-31-18-27(25-6-2-1-3-7-25)13-17-36(31)44-40(32)51-38-22-39(47)45(41(38)48)33-14-10-26(11-15-33)42(49)50-24-37(46)29-12-16-35-30(20-29)19-28-8-4-5-9-34(28)35/h1-12,14-16,20-21,27,38H,13,17-19,22,24H2. The number of benzene rings is 4. The Morgan fingerprint density at radius 2 is 1.59 bits per heavy atom. The van der Waals surface area contributed by atoms with E-state index in [-0.39, 0.29) is 23.7 Å². The first-order valence-electron chi connectivity index (χ1n) is 16.9. The number of pyridine rings is 1. The molecule has 0 spiro atoms. The Bertz CT molecular complexity index is 2280. The molecular weight excluding hydrogens is 659 g/mol. The summed E-state index contributed by atoms with van der Waals surface area (Å²) in [5.41, 5.74) is 9.20. The Morgan fingerprint density at radius 1 is 0.843 bits per heavy atom. The number of amides is 2. The molecule has 4 aromatic carbocycles. The van der Waals surface area contributed by atoms with Crippen molar-refractivity contribution in [2.45, 2.75) is 48.3 Å². The molecule has 1 fully saturated rings. The summed E-state index contributed by atoms with van der Waals surface area (Å²) in [7, 11) is 0. The number of fused-ring (bicyclic) bond motifs is 4. The van der Waals surface area contributed by atoms with E-state index in [4.69, 9.17) is 9.72 Å². The molecule has 2 heterocycles. The SMILES string of the molecule is N#Cc1cc2c(nc1SC1CC(=O)N(c3ccc(C(=O)OCC(=O)c4ccc5c(c4)Cc4ccccc4-5)cc3)C1=O)CCC(c1ccccc1)C2. The molecule has 0 N–H and O–H groups in total. The number of anilines is 1. The summed E-state index contributed by atoms with van der Waals surface area (Å²) in [5, 5.41) is 9.69. The fourth-order valence-corrected chi connectivity index (χ4v) is 8.39. The number of ketones is 1. The van der Waals surface area contributed by atoms with Crippen LogP contribution in [0.1, 0.15) is 73.0 Å². The molecule has 8 nitrogen and oxygen atoms in total. The zero-order chi connectivity index (χ0) is 35.1. The van der Waals surface area contributed by atoms with Crippen molar-refractivity contribution < 1.29 is 23.9 Å². The molecule has 1 aromatic heterocycles. The number of carbonyl (C=O) groups excluding carboxylic acids is 4. The average Bonchev–Trinajstić information content (AvgIpc) is 3.68. The number of aromatic nitrogens is 1. The smallest absolute Gasteiger partial charge is 0.338 e. The van der Waals surface area contributed by atoms with Gasteiger partial charge in [0.05, 0.1) is 22.1 Å². The van der Waals surface area contributed by atoms with Gasteiger partial charge in [0.25, 0.3) is 0 Å². The first-order chi connectivity index (χ1) is 24.9. The molecule has 1 saturated heterocycles. The second kappa shape index (κ2) is 13.5. The Labute approximate surface area is 299 Å². The molecule has 8 rings (SSSR count). The number of aryl methyl sites for hydroxylation is 1. The van der Waals surface area contributed by atoms with Crippen LogP contribution in [0.25, 0.3) is 11.1 Å². The number of rotatable bonds is 8. The molecule has 0 bridgehead atoms. The second-order valence-electron chi connectivity index (χ2n) is 13.0. The van der Waals surface area contributed by atoms with E-state index in [0.717, 1.165) is 64.7 Å². The number of nitrogens with zero attached hydrogens (tertiary/aromatic N) is 3. The van der Waals surface area contributed by atoms with E-state index in [2.05, 4.69) is 30.3 Å². The monoisotopic (exact) mass is 689 g/mol. The number of nitriles is 1. The number of esters is 1. The van der Waals surface area contributed by atoms with Crippen molar-refractivity contribution in [2.24, 2.45) is 0 Å². The maximum Gasteiger partial charge on any atom is 0.338 e. The number of hydrogen-bond donors (Lipinski definition) is 0. The van der Waals surface area contributed by atoms with Crippen LogP contribution >= 0.6 is 11.8 Å². The largest absolute Gasteiger partial charge is 0.454 e. The van der Waals surface area contributed by atoms with Gasteiger partial charge in [-0.3, -0.25) is 14.4 Å². The average molecular weight is 690 g/mol. The second-order valence-corrected chi connectivity index (χ2v) is 14.2. The zero-order valence-corrected chi connectivity index (χ0v) is 28.3. The minimum atomic E-state index is -0.736. The van der Waals surface area contributed by atoms with Gasteiger partial charge < -0.3 is 4.74 Å². The molecular formula is C42H31N3O5S. The molecule has 0 radical (unpaired) electrons. The van der Waals surface area contributed by atoms with E-state index in [1.165, 1.54) is 41.0 Å². The highest BCUT2D eigenvalue weighted by molar-refractivity contribution is 8.00. The van der Waals surface area contributed by atoms with Crippen LogP contribution in [0.15, 0.2) is 108 Å². The lowest BCUT2D eigenvalue weighted by Crippen LogP contribution is -2.31. The molecule has 5 aromatic rings. The Balaban J connectivity index is 0.895. The lowest BCUT2D eigenvalue weighted by molar-refractivity contribution is -0.121. The normalized spacial score (nSPS) is 17.4. The van der Waals surface area contributed by atoms with Gasteiger partial charge in [-0.05, 0) is 101 Å². The fraction of sp³-hybridized carbons (Fsp3) is 0.190. The van der Waals surface area contributed by atoms with Crippen LogP contribution in [0.2, 0.25) is 0 Å². The quantitative estimate of drug-likeness (QED) is 0.0932. The van der Waals surface area contributed by atoms with Crippen LogP contribution in [-0.4, -0.2) is 40.4 Å². The van der Waals surface area contributed by atoms with Crippen molar-refractivity contribution in [3.8, 4) is 17.2 Å². The van der Waals surface area contributed by atoms with Gasteiger partial charge in [-0.1, -0.05) is 78.5 Å². The van der Waals surface area contributed by atoms with Crippen molar-refractivity contribution in [2.75, 3.05) is 11.5 Å². The van der Waals surface area contributed by atoms with E-state index in [9.17, 15) is 24.4 Å². The topological polar surface area (TPSA) is 117 Å². The molecule has 3 aliphatic rings. The highest BCUT2D eigenvalue weighted by atomic mass is 32.2. The number of hydrogen-bond acceptors (Lipinski definition) is 8. The fourth-order valence-electron chi connectivity index (χ4n) is 7.29. The molecule has 2 unspecified atom stereocenters. The van der Waals surface area contributed by atoms with Gasteiger partial charge in [-0.2, -0.15) is 5.26 Å². The molecule has 2 atom stereocenters. The summed E-state index contributed by atoms with van der Waals surface area (Å²) in [6.07, 6.45) is 3.22. The molecule has 1 aliphatic heterocycles. The predicted molar refractivity (Wildman–Crippen MR) is 193 cm³/mol. The third-order valence-electron chi connectivity index (χ3n) is 9.91. The summed E-state index contributed by atoms with van der Waals surface area (Å²) >= 11 is 1.15. The number of imide groups is 1. The van der Waals surface area contributed by atoms with Crippen LogP contribution in [0.3, 0.4) is 0 Å². The maximum atomic E-state index is 13.5.